The lowest BCUT2D eigenvalue weighted by molar-refractivity contribution is -0.384. The van der Waals surface area contributed by atoms with Crippen LogP contribution in [0.25, 0.3) is 6.08 Å². The van der Waals surface area contributed by atoms with Crippen molar-refractivity contribution in [1.29, 1.82) is 0 Å². The van der Waals surface area contributed by atoms with Crippen LogP contribution in [0.2, 0.25) is 0 Å². The van der Waals surface area contributed by atoms with Gasteiger partial charge in [-0.05, 0) is 29.8 Å². The van der Waals surface area contributed by atoms with Crippen molar-refractivity contribution < 1.29 is 14.5 Å². The van der Waals surface area contributed by atoms with Crippen LogP contribution >= 0.6 is 15.9 Å². The predicted octanol–water partition coefficient (Wildman–Crippen LogP) is 3.95. The van der Waals surface area contributed by atoms with Crippen LogP contribution in [0.5, 0.6) is 0 Å². The second-order valence-electron chi connectivity index (χ2n) is 5.23. The van der Waals surface area contributed by atoms with Crippen molar-refractivity contribution in [3.05, 3.63) is 73.9 Å². The minimum Gasteiger partial charge on any atom is -0.287 e. The number of carbonyl (C=O) groups excluding carboxylic acids is 2. The molecule has 2 aromatic carbocycles. The second-order valence-corrected chi connectivity index (χ2v) is 6.14. The van der Waals surface area contributed by atoms with E-state index in [1.807, 2.05) is 0 Å². The molecule has 0 spiro atoms. The van der Waals surface area contributed by atoms with Gasteiger partial charge in [-0.1, -0.05) is 28.1 Å². The molecule has 1 aliphatic rings. The zero-order chi connectivity index (χ0) is 17.4. The van der Waals surface area contributed by atoms with Crippen molar-refractivity contribution >= 4 is 45.1 Å². The van der Waals surface area contributed by atoms with Gasteiger partial charge < -0.3 is 0 Å². The van der Waals surface area contributed by atoms with Gasteiger partial charge in [-0.3, -0.25) is 24.6 Å². The molecule has 0 atom stereocenters. The standard InChI is InChI=1S/C17H11BrN2O4/c1-10(21)19-15-6-5-12(18)9-14(15)17(22)16(19)8-11-3-2-4-13(7-11)20(23)24/h2-9H,1H3. The van der Waals surface area contributed by atoms with E-state index in [0.717, 1.165) is 4.47 Å². The molecule has 3 rings (SSSR count). The zero-order valence-electron chi connectivity index (χ0n) is 12.5. The number of anilines is 1. The van der Waals surface area contributed by atoms with Gasteiger partial charge in [-0.25, -0.2) is 0 Å². The Morgan fingerprint density at radius 3 is 2.67 bits per heavy atom. The largest absolute Gasteiger partial charge is 0.287 e. The molecule has 1 amide bonds. The van der Waals surface area contributed by atoms with Crippen LogP contribution in [-0.4, -0.2) is 16.6 Å². The van der Waals surface area contributed by atoms with Gasteiger partial charge in [0, 0.05) is 29.1 Å². The van der Waals surface area contributed by atoms with Crippen molar-refractivity contribution in [2.75, 3.05) is 4.90 Å². The van der Waals surface area contributed by atoms with Gasteiger partial charge in [0.25, 0.3) is 5.69 Å². The lowest BCUT2D eigenvalue weighted by Gasteiger charge is -2.16. The number of nitro benzene ring substituents is 1. The number of non-ortho nitro benzene ring substituents is 1. The van der Waals surface area contributed by atoms with E-state index in [2.05, 4.69) is 15.9 Å². The van der Waals surface area contributed by atoms with Gasteiger partial charge in [0.15, 0.2) is 0 Å². The highest BCUT2D eigenvalue weighted by Gasteiger charge is 2.34. The van der Waals surface area contributed by atoms with E-state index in [1.54, 1.807) is 24.3 Å². The van der Waals surface area contributed by atoms with Crippen LogP contribution in [0.4, 0.5) is 11.4 Å². The molecule has 0 bridgehead atoms. The molecule has 0 aliphatic carbocycles. The summed E-state index contributed by atoms with van der Waals surface area (Å²) < 4.78 is 0.731. The van der Waals surface area contributed by atoms with E-state index >= 15 is 0 Å². The molecule has 6 nitrogen and oxygen atoms in total. The van der Waals surface area contributed by atoms with Crippen molar-refractivity contribution in [2.45, 2.75) is 6.92 Å². The number of rotatable bonds is 2. The van der Waals surface area contributed by atoms with Crippen LogP contribution < -0.4 is 4.90 Å². The summed E-state index contributed by atoms with van der Waals surface area (Å²) in [5.74, 6) is -0.603. The summed E-state index contributed by atoms with van der Waals surface area (Å²) in [6, 6.07) is 11.0. The molecule has 24 heavy (non-hydrogen) atoms. The normalized spacial score (nSPS) is 14.8. The number of fused-ring (bicyclic) bond motifs is 1. The molecule has 0 fully saturated rings. The van der Waals surface area contributed by atoms with E-state index in [4.69, 9.17) is 0 Å². The van der Waals surface area contributed by atoms with Gasteiger partial charge in [-0.2, -0.15) is 0 Å². The highest BCUT2D eigenvalue weighted by molar-refractivity contribution is 9.10. The second kappa shape index (κ2) is 6.01. The van der Waals surface area contributed by atoms with Crippen LogP contribution in [0, 0.1) is 10.1 Å². The maximum absolute atomic E-state index is 12.7. The molecule has 120 valence electrons. The molecular formula is C17H11BrN2O4. The third kappa shape index (κ3) is 2.74. The number of amides is 1. The molecule has 2 aromatic rings. The number of halogens is 1. The first-order valence-corrected chi connectivity index (χ1v) is 7.79. The van der Waals surface area contributed by atoms with E-state index in [1.165, 1.54) is 36.1 Å². The number of nitrogens with zero attached hydrogens (tertiary/aromatic N) is 2. The van der Waals surface area contributed by atoms with E-state index < -0.39 is 4.92 Å². The summed E-state index contributed by atoms with van der Waals surface area (Å²) in [6.45, 7) is 1.37. The van der Waals surface area contributed by atoms with Crippen LogP contribution in [0.1, 0.15) is 22.8 Å². The average Bonchev–Trinajstić information content (AvgIpc) is 2.80. The summed E-state index contributed by atoms with van der Waals surface area (Å²) in [5.41, 5.74) is 1.50. The number of benzene rings is 2. The van der Waals surface area contributed by atoms with E-state index in [-0.39, 0.29) is 23.1 Å². The van der Waals surface area contributed by atoms with E-state index in [9.17, 15) is 19.7 Å². The van der Waals surface area contributed by atoms with Crippen LogP contribution in [-0.2, 0) is 4.79 Å². The summed E-state index contributed by atoms with van der Waals surface area (Å²) in [4.78, 5) is 36.4. The molecule has 0 saturated carbocycles. The highest BCUT2D eigenvalue weighted by Crippen LogP contribution is 2.37. The summed E-state index contributed by atoms with van der Waals surface area (Å²) in [5, 5.41) is 10.9. The summed E-state index contributed by atoms with van der Waals surface area (Å²) >= 11 is 3.31. The quantitative estimate of drug-likeness (QED) is 0.444. The van der Waals surface area contributed by atoms with Gasteiger partial charge in [0.2, 0.25) is 11.7 Å². The molecule has 1 aliphatic heterocycles. The monoisotopic (exact) mass is 386 g/mol. The smallest absolute Gasteiger partial charge is 0.270 e. The zero-order valence-corrected chi connectivity index (χ0v) is 14.1. The number of hydrogen-bond donors (Lipinski definition) is 0. The first-order valence-electron chi connectivity index (χ1n) is 6.99. The Hall–Kier alpha value is -2.80. The SMILES string of the molecule is CC(=O)N1C(=Cc2cccc([N+](=O)[O-])c2)C(=O)c2cc(Br)ccc21. The first kappa shape index (κ1) is 16.1. The Morgan fingerprint density at radius 2 is 2.00 bits per heavy atom. The van der Waals surface area contributed by atoms with Gasteiger partial charge in [0.05, 0.1) is 16.3 Å². The van der Waals surface area contributed by atoms with Crippen molar-refractivity contribution in [1.82, 2.24) is 0 Å². The number of nitro groups is 1. The van der Waals surface area contributed by atoms with Gasteiger partial charge in [0.1, 0.15) is 0 Å². The van der Waals surface area contributed by atoms with E-state index in [0.29, 0.717) is 16.8 Å². The fraction of sp³-hybridized carbons (Fsp3) is 0.0588. The maximum Gasteiger partial charge on any atom is 0.270 e. The molecule has 1 heterocycles. The molecule has 0 aromatic heterocycles. The number of ketones is 1. The summed E-state index contributed by atoms with van der Waals surface area (Å²) in [6.07, 6.45) is 1.49. The number of hydrogen-bond acceptors (Lipinski definition) is 4. The van der Waals surface area contributed by atoms with Crippen LogP contribution in [0.15, 0.2) is 52.6 Å². The molecule has 0 saturated heterocycles. The fourth-order valence-corrected chi connectivity index (χ4v) is 2.97. The maximum atomic E-state index is 12.7. The third-order valence-corrected chi connectivity index (χ3v) is 4.11. The molecule has 0 radical (unpaired) electrons. The Bertz CT molecular complexity index is 921. The Labute approximate surface area is 145 Å². The minimum absolute atomic E-state index is 0.0792. The topological polar surface area (TPSA) is 80.5 Å². The lowest BCUT2D eigenvalue weighted by Crippen LogP contribution is -2.25. The first-order chi connectivity index (χ1) is 11.4. The average molecular weight is 387 g/mol. The number of allylic oxidation sites excluding steroid dienone is 1. The Kier molecular flexibility index (Phi) is 4.02. The van der Waals surface area contributed by atoms with Crippen molar-refractivity contribution in [3.8, 4) is 0 Å². The Balaban J connectivity index is 2.13. The Morgan fingerprint density at radius 1 is 1.25 bits per heavy atom. The summed E-state index contributed by atoms with van der Waals surface area (Å²) in [7, 11) is 0. The molecule has 0 N–H and O–H groups in total. The fourth-order valence-electron chi connectivity index (χ4n) is 2.61. The molecule has 7 heteroatoms. The van der Waals surface area contributed by atoms with Crippen LogP contribution in [0.3, 0.4) is 0 Å². The molecule has 0 unspecified atom stereocenters. The van der Waals surface area contributed by atoms with Gasteiger partial charge in [-0.15, -0.1) is 0 Å². The van der Waals surface area contributed by atoms with Crippen molar-refractivity contribution in [3.63, 3.8) is 0 Å². The lowest BCUT2D eigenvalue weighted by atomic mass is 10.1. The minimum atomic E-state index is -0.507. The van der Waals surface area contributed by atoms with Gasteiger partial charge >= 0.3 is 0 Å². The predicted molar refractivity (Wildman–Crippen MR) is 92.7 cm³/mol. The molecular weight excluding hydrogens is 376 g/mol. The highest BCUT2D eigenvalue weighted by atomic mass is 79.9. The third-order valence-electron chi connectivity index (χ3n) is 3.62. The number of Topliss-reactive ketones (excluding diaryl/α,β-unsaturated/α-hetero) is 1. The number of carbonyl (C=O) groups is 2. The van der Waals surface area contributed by atoms with Crippen molar-refractivity contribution in [2.24, 2.45) is 0 Å².